The van der Waals surface area contributed by atoms with Crippen molar-refractivity contribution in [1.82, 2.24) is 0 Å². The number of nitriles is 1. The summed E-state index contributed by atoms with van der Waals surface area (Å²) in [5.74, 6) is -0.181. The minimum atomic E-state index is -0.395. The predicted octanol–water partition coefficient (Wildman–Crippen LogP) is 1.87. The van der Waals surface area contributed by atoms with Crippen molar-refractivity contribution in [3.63, 3.8) is 0 Å². The van der Waals surface area contributed by atoms with E-state index in [1.54, 1.807) is 31.2 Å². The van der Waals surface area contributed by atoms with E-state index in [1.165, 1.54) is 0 Å². The molecule has 0 aromatic heterocycles. The second-order valence-corrected chi connectivity index (χ2v) is 3.83. The molecule has 6 nitrogen and oxygen atoms in total. The number of rotatable bonds is 7. The molecule has 1 amide bonds. The molecule has 106 valence electrons. The Labute approximate surface area is 117 Å². The summed E-state index contributed by atoms with van der Waals surface area (Å²) in [6, 6.07) is 8.56. The second kappa shape index (κ2) is 8.53. The lowest BCUT2D eigenvalue weighted by molar-refractivity contribution is -0.144. The zero-order valence-electron chi connectivity index (χ0n) is 11.2. The van der Waals surface area contributed by atoms with Gasteiger partial charge in [0.15, 0.2) is 6.61 Å². The van der Waals surface area contributed by atoms with Gasteiger partial charge in [-0.25, -0.2) is 0 Å². The molecule has 0 spiro atoms. The monoisotopic (exact) mass is 276 g/mol. The largest absolute Gasteiger partial charge is 0.479 e. The molecule has 0 saturated carbocycles. The number of nitrogens with zero attached hydrogens (tertiary/aromatic N) is 1. The lowest BCUT2D eigenvalue weighted by Crippen LogP contribution is -2.14. The van der Waals surface area contributed by atoms with Gasteiger partial charge in [0.25, 0.3) is 0 Å². The van der Waals surface area contributed by atoms with E-state index in [0.717, 1.165) is 0 Å². The van der Waals surface area contributed by atoms with Crippen LogP contribution in [0.4, 0.5) is 5.69 Å². The first-order valence-electron chi connectivity index (χ1n) is 6.21. The predicted molar refractivity (Wildman–Crippen MR) is 72.0 cm³/mol. The summed E-state index contributed by atoms with van der Waals surface area (Å²) in [6.45, 7) is 1.96. The zero-order valence-corrected chi connectivity index (χ0v) is 11.2. The number of ether oxygens (including phenoxy) is 2. The van der Waals surface area contributed by atoms with Crippen molar-refractivity contribution in [2.75, 3.05) is 18.5 Å². The highest BCUT2D eigenvalue weighted by Crippen LogP contribution is 2.17. The molecule has 1 rings (SSSR count). The first kappa shape index (κ1) is 15.5. The van der Waals surface area contributed by atoms with Crippen LogP contribution in [0.5, 0.6) is 5.75 Å². The molecule has 6 heteroatoms. The van der Waals surface area contributed by atoms with E-state index in [2.05, 4.69) is 5.32 Å². The van der Waals surface area contributed by atoms with Gasteiger partial charge in [0, 0.05) is 18.2 Å². The summed E-state index contributed by atoms with van der Waals surface area (Å²) in [4.78, 5) is 22.8. The fourth-order valence-corrected chi connectivity index (χ4v) is 1.45. The molecule has 1 aromatic rings. The Hall–Kier alpha value is -2.55. The molecule has 0 atom stereocenters. The van der Waals surface area contributed by atoms with Crippen LogP contribution in [0.15, 0.2) is 24.3 Å². The van der Waals surface area contributed by atoms with Gasteiger partial charge in [-0.05, 0) is 19.1 Å². The zero-order chi connectivity index (χ0) is 14.8. The maximum Gasteiger partial charge on any atom is 0.306 e. The Morgan fingerprint density at radius 1 is 1.35 bits per heavy atom. The smallest absolute Gasteiger partial charge is 0.306 e. The molecule has 0 unspecified atom stereocenters. The second-order valence-electron chi connectivity index (χ2n) is 3.83. The maximum absolute atomic E-state index is 11.6. The quantitative estimate of drug-likeness (QED) is 0.768. The first-order valence-corrected chi connectivity index (χ1v) is 6.21. The van der Waals surface area contributed by atoms with E-state index in [4.69, 9.17) is 14.7 Å². The van der Waals surface area contributed by atoms with Crippen LogP contribution in [0.2, 0.25) is 0 Å². The van der Waals surface area contributed by atoms with Gasteiger partial charge in [-0.15, -0.1) is 0 Å². The number of amides is 1. The molecule has 0 aliphatic rings. The molecule has 0 saturated heterocycles. The number of carbonyl (C=O) groups is 2. The number of anilines is 1. The van der Waals surface area contributed by atoms with Gasteiger partial charge in [-0.1, -0.05) is 6.07 Å². The molecular weight excluding hydrogens is 260 g/mol. The van der Waals surface area contributed by atoms with Gasteiger partial charge < -0.3 is 14.8 Å². The van der Waals surface area contributed by atoms with Crippen molar-refractivity contribution in [3.8, 4) is 11.8 Å². The van der Waals surface area contributed by atoms with E-state index >= 15 is 0 Å². The average molecular weight is 276 g/mol. The summed E-state index contributed by atoms with van der Waals surface area (Å²) >= 11 is 0. The molecule has 0 heterocycles. The lowest BCUT2D eigenvalue weighted by Gasteiger charge is -2.07. The Balaban J connectivity index is 2.45. The Morgan fingerprint density at radius 2 is 2.15 bits per heavy atom. The van der Waals surface area contributed by atoms with Crippen molar-refractivity contribution >= 4 is 17.6 Å². The van der Waals surface area contributed by atoms with Crippen molar-refractivity contribution in [2.24, 2.45) is 0 Å². The van der Waals surface area contributed by atoms with E-state index in [0.29, 0.717) is 18.0 Å². The minimum absolute atomic E-state index is 0.0459. The van der Waals surface area contributed by atoms with Crippen molar-refractivity contribution in [2.45, 2.75) is 19.8 Å². The topological polar surface area (TPSA) is 88.4 Å². The third kappa shape index (κ3) is 5.87. The van der Waals surface area contributed by atoms with E-state index in [9.17, 15) is 9.59 Å². The van der Waals surface area contributed by atoms with E-state index < -0.39 is 5.97 Å². The highest BCUT2D eigenvalue weighted by Gasteiger charge is 2.08. The van der Waals surface area contributed by atoms with Crippen LogP contribution in [0.3, 0.4) is 0 Å². The fourth-order valence-electron chi connectivity index (χ4n) is 1.45. The normalized spacial score (nSPS) is 9.40. The number of carbonyl (C=O) groups excluding carboxylic acids is 2. The molecule has 0 fully saturated rings. The third-order valence-corrected chi connectivity index (χ3v) is 2.28. The molecule has 0 aliphatic carbocycles. The van der Waals surface area contributed by atoms with Crippen LogP contribution in [0.25, 0.3) is 0 Å². The van der Waals surface area contributed by atoms with Crippen LogP contribution in [0, 0.1) is 11.3 Å². The Bertz CT molecular complexity index is 508. The first-order chi connectivity index (χ1) is 9.65. The van der Waals surface area contributed by atoms with Crippen LogP contribution in [0.1, 0.15) is 19.8 Å². The molecule has 1 N–H and O–H groups in total. The number of hydrogen-bond donors (Lipinski definition) is 1. The van der Waals surface area contributed by atoms with Crippen molar-refractivity contribution in [1.29, 1.82) is 5.26 Å². The average Bonchev–Trinajstić information content (AvgIpc) is 2.44. The summed E-state index contributed by atoms with van der Waals surface area (Å²) in [6.07, 6.45) is 0.104. The van der Waals surface area contributed by atoms with Gasteiger partial charge in [0.1, 0.15) is 11.8 Å². The standard InChI is InChI=1S/C14H16N2O4/c1-2-19-14(18)7-6-13(17)16-11-4-3-5-12(10-11)20-9-8-15/h3-5,10H,2,6-7,9H2,1H3,(H,16,17). The number of hydrogen-bond acceptors (Lipinski definition) is 5. The molecule has 0 radical (unpaired) electrons. The SMILES string of the molecule is CCOC(=O)CCC(=O)Nc1cccc(OCC#N)c1. The summed E-state index contributed by atoms with van der Waals surface area (Å²) in [5.41, 5.74) is 0.550. The molecule has 1 aromatic carbocycles. The third-order valence-electron chi connectivity index (χ3n) is 2.28. The maximum atomic E-state index is 11.6. The van der Waals surface area contributed by atoms with Crippen LogP contribution in [-0.2, 0) is 14.3 Å². The van der Waals surface area contributed by atoms with Gasteiger partial charge in [0.2, 0.25) is 5.91 Å². The van der Waals surface area contributed by atoms with Gasteiger partial charge >= 0.3 is 5.97 Å². The summed E-state index contributed by atoms with van der Waals surface area (Å²) in [5, 5.41) is 11.1. The summed E-state index contributed by atoms with van der Waals surface area (Å²) < 4.78 is 9.86. The van der Waals surface area contributed by atoms with Gasteiger partial charge in [-0.3, -0.25) is 9.59 Å². The molecule has 20 heavy (non-hydrogen) atoms. The fraction of sp³-hybridized carbons (Fsp3) is 0.357. The Morgan fingerprint density at radius 3 is 2.85 bits per heavy atom. The molecule has 0 bridgehead atoms. The van der Waals surface area contributed by atoms with Crippen LogP contribution >= 0.6 is 0 Å². The lowest BCUT2D eigenvalue weighted by atomic mass is 10.2. The van der Waals surface area contributed by atoms with E-state index in [1.807, 2.05) is 6.07 Å². The van der Waals surface area contributed by atoms with Gasteiger partial charge in [0.05, 0.1) is 13.0 Å². The summed E-state index contributed by atoms with van der Waals surface area (Å²) in [7, 11) is 0. The number of benzene rings is 1. The molecule has 0 aliphatic heterocycles. The van der Waals surface area contributed by atoms with Gasteiger partial charge in [-0.2, -0.15) is 5.26 Å². The highest BCUT2D eigenvalue weighted by molar-refractivity contribution is 5.92. The number of esters is 1. The highest BCUT2D eigenvalue weighted by atomic mass is 16.5. The molecular formula is C14H16N2O4. The number of nitrogens with one attached hydrogen (secondary N) is 1. The van der Waals surface area contributed by atoms with Crippen molar-refractivity contribution < 1.29 is 19.1 Å². The minimum Gasteiger partial charge on any atom is -0.479 e. The van der Waals surface area contributed by atoms with E-state index in [-0.39, 0.29) is 25.4 Å². The van der Waals surface area contributed by atoms with Crippen molar-refractivity contribution in [3.05, 3.63) is 24.3 Å². The Kier molecular flexibility index (Phi) is 6.62. The van der Waals surface area contributed by atoms with Crippen LogP contribution < -0.4 is 10.1 Å². The van der Waals surface area contributed by atoms with Crippen LogP contribution in [-0.4, -0.2) is 25.1 Å².